The zero-order chi connectivity index (χ0) is 15.8. The molecule has 4 heterocycles. The first-order valence-electron chi connectivity index (χ1n) is 8.06. The summed E-state index contributed by atoms with van der Waals surface area (Å²) in [6.07, 6.45) is 4.04. The average Bonchev–Trinajstić information content (AvgIpc) is 3.16. The van der Waals surface area contributed by atoms with Gasteiger partial charge in [0.05, 0.1) is 24.2 Å². The maximum absolute atomic E-state index is 6.15. The SMILES string of the molecule is Cc1cc2nc([C@@H]3CCCN(Cc4ccco4)C3)cc(N)n2n1. The molecule has 1 fully saturated rings. The lowest BCUT2D eigenvalue weighted by Gasteiger charge is -2.31. The van der Waals surface area contributed by atoms with Crippen molar-refractivity contribution in [1.82, 2.24) is 19.5 Å². The number of aryl methyl sites for hydroxylation is 1. The fourth-order valence-electron chi connectivity index (χ4n) is 3.41. The Morgan fingerprint density at radius 1 is 1.39 bits per heavy atom. The van der Waals surface area contributed by atoms with E-state index in [4.69, 9.17) is 15.1 Å². The number of rotatable bonds is 3. The first kappa shape index (κ1) is 14.3. The summed E-state index contributed by atoms with van der Waals surface area (Å²) in [7, 11) is 0. The number of fused-ring (bicyclic) bond motifs is 1. The maximum atomic E-state index is 6.15. The van der Waals surface area contributed by atoms with Gasteiger partial charge in [-0.15, -0.1) is 0 Å². The van der Waals surface area contributed by atoms with E-state index in [1.807, 2.05) is 31.2 Å². The van der Waals surface area contributed by atoms with Gasteiger partial charge in [-0.25, -0.2) is 4.98 Å². The second-order valence-corrected chi connectivity index (χ2v) is 6.32. The van der Waals surface area contributed by atoms with Crippen LogP contribution in [0.25, 0.3) is 5.65 Å². The lowest BCUT2D eigenvalue weighted by Crippen LogP contribution is -2.34. The number of piperidine rings is 1. The number of nitrogen functional groups attached to an aromatic ring is 1. The van der Waals surface area contributed by atoms with Crippen LogP contribution in [0.4, 0.5) is 5.82 Å². The van der Waals surface area contributed by atoms with E-state index in [0.717, 1.165) is 55.3 Å². The van der Waals surface area contributed by atoms with Gasteiger partial charge in [-0.05, 0) is 38.4 Å². The van der Waals surface area contributed by atoms with Gasteiger partial charge in [-0.2, -0.15) is 9.61 Å². The van der Waals surface area contributed by atoms with E-state index in [1.165, 1.54) is 0 Å². The minimum absolute atomic E-state index is 0.404. The third kappa shape index (κ3) is 2.82. The van der Waals surface area contributed by atoms with Gasteiger partial charge >= 0.3 is 0 Å². The molecule has 0 bridgehead atoms. The summed E-state index contributed by atoms with van der Waals surface area (Å²) in [5, 5.41) is 4.37. The van der Waals surface area contributed by atoms with Crippen LogP contribution in [0, 0.1) is 6.92 Å². The van der Waals surface area contributed by atoms with E-state index in [1.54, 1.807) is 10.8 Å². The van der Waals surface area contributed by atoms with Crippen LogP contribution in [-0.4, -0.2) is 32.6 Å². The molecule has 3 aromatic heterocycles. The quantitative estimate of drug-likeness (QED) is 0.805. The maximum Gasteiger partial charge on any atom is 0.157 e. The molecule has 6 heteroatoms. The summed E-state index contributed by atoms with van der Waals surface area (Å²) >= 11 is 0. The van der Waals surface area contributed by atoms with Crippen LogP contribution < -0.4 is 5.73 Å². The van der Waals surface area contributed by atoms with E-state index in [2.05, 4.69) is 10.00 Å². The summed E-state index contributed by atoms with van der Waals surface area (Å²) in [4.78, 5) is 7.21. The third-order valence-corrected chi connectivity index (χ3v) is 4.48. The van der Waals surface area contributed by atoms with Crippen molar-refractivity contribution < 1.29 is 4.42 Å². The molecule has 6 nitrogen and oxygen atoms in total. The molecule has 0 unspecified atom stereocenters. The summed E-state index contributed by atoms with van der Waals surface area (Å²) in [5.41, 5.74) is 8.99. The molecule has 2 N–H and O–H groups in total. The smallest absolute Gasteiger partial charge is 0.157 e. The summed E-state index contributed by atoms with van der Waals surface area (Å²) in [5.74, 6) is 2.07. The Labute approximate surface area is 134 Å². The molecule has 1 aliphatic heterocycles. The van der Waals surface area contributed by atoms with Crippen LogP contribution in [0.1, 0.15) is 35.9 Å². The van der Waals surface area contributed by atoms with Gasteiger partial charge in [-0.3, -0.25) is 4.90 Å². The molecule has 23 heavy (non-hydrogen) atoms. The zero-order valence-corrected chi connectivity index (χ0v) is 13.3. The van der Waals surface area contributed by atoms with Crippen molar-refractivity contribution in [3.63, 3.8) is 0 Å². The lowest BCUT2D eigenvalue weighted by molar-refractivity contribution is 0.185. The van der Waals surface area contributed by atoms with Crippen molar-refractivity contribution >= 4 is 11.5 Å². The third-order valence-electron chi connectivity index (χ3n) is 4.48. The zero-order valence-electron chi connectivity index (χ0n) is 13.3. The van der Waals surface area contributed by atoms with Crippen molar-refractivity contribution in [3.05, 3.63) is 47.7 Å². The predicted octanol–water partition coefficient (Wildman–Crippen LogP) is 2.59. The largest absolute Gasteiger partial charge is 0.468 e. The van der Waals surface area contributed by atoms with Crippen molar-refractivity contribution in [2.45, 2.75) is 32.2 Å². The Balaban J connectivity index is 1.57. The number of likely N-dealkylation sites (tertiary alicyclic amines) is 1. The monoisotopic (exact) mass is 311 g/mol. The minimum Gasteiger partial charge on any atom is -0.468 e. The van der Waals surface area contributed by atoms with Crippen molar-refractivity contribution in [2.24, 2.45) is 0 Å². The fraction of sp³-hybridized carbons (Fsp3) is 0.412. The molecule has 1 saturated heterocycles. The minimum atomic E-state index is 0.404. The van der Waals surface area contributed by atoms with Gasteiger partial charge in [0, 0.05) is 24.6 Å². The van der Waals surface area contributed by atoms with Gasteiger partial charge in [0.15, 0.2) is 5.65 Å². The highest BCUT2D eigenvalue weighted by Gasteiger charge is 2.24. The Hall–Kier alpha value is -2.34. The highest BCUT2D eigenvalue weighted by Crippen LogP contribution is 2.28. The Morgan fingerprint density at radius 3 is 3.13 bits per heavy atom. The molecular formula is C17H21N5O. The molecule has 1 atom stereocenters. The van der Waals surface area contributed by atoms with E-state index in [9.17, 15) is 0 Å². The predicted molar refractivity (Wildman–Crippen MR) is 88.1 cm³/mol. The van der Waals surface area contributed by atoms with E-state index in [-0.39, 0.29) is 0 Å². The van der Waals surface area contributed by atoms with Gasteiger partial charge in [0.2, 0.25) is 0 Å². The van der Waals surface area contributed by atoms with Gasteiger partial charge in [0.1, 0.15) is 11.6 Å². The Kier molecular flexibility index (Phi) is 3.53. The van der Waals surface area contributed by atoms with Crippen molar-refractivity contribution in [1.29, 1.82) is 0 Å². The molecule has 1 aliphatic rings. The van der Waals surface area contributed by atoms with Crippen LogP contribution in [0.15, 0.2) is 34.9 Å². The van der Waals surface area contributed by atoms with Crippen LogP contribution in [0.2, 0.25) is 0 Å². The number of aromatic nitrogens is 3. The molecular weight excluding hydrogens is 290 g/mol. The lowest BCUT2D eigenvalue weighted by atomic mass is 9.94. The van der Waals surface area contributed by atoms with Crippen molar-refractivity contribution in [2.75, 3.05) is 18.8 Å². The molecule has 0 radical (unpaired) electrons. The number of furan rings is 1. The molecule has 0 aromatic carbocycles. The molecule has 0 aliphatic carbocycles. The van der Waals surface area contributed by atoms with Crippen molar-refractivity contribution in [3.8, 4) is 0 Å². The number of nitrogens with zero attached hydrogens (tertiary/aromatic N) is 4. The summed E-state index contributed by atoms with van der Waals surface area (Å²) < 4.78 is 7.18. The summed E-state index contributed by atoms with van der Waals surface area (Å²) in [6.45, 7) is 4.89. The molecule has 3 aromatic rings. The van der Waals surface area contributed by atoms with E-state index >= 15 is 0 Å². The molecule has 4 rings (SSSR count). The van der Waals surface area contributed by atoms with Gasteiger partial charge in [0.25, 0.3) is 0 Å². The van der Waals surface area contributed by atoms with Gasteiger partial charge < -0.3 is 10.2 Å². The molecule has 0 spiro atoms. The number of anilines is 1. The number of nitrogens with two attached hydrogens (primary N) is 1. The Morgan fingerprint density at radius 2 is 2.30 bits per heavy atom. The molecule has 0 amide bonds. The van der Waals surface area contributed by atoms with E-state index < -0.39 is 0 Å². The second kappa shape index (κ2) is 5.70. The fourth-order valence-corrected chi connectivity index (χ4v) is 3.41. The van der Waals surface area contributed by atoms with E-state index in [0.29, 0.717) is 11.7 Å². The summed E-state index contributed by atoms with van der Waals surface area (Å²) in [6, 6.07) is 7.92. The standard InChI is InChI=1S/C17H21N5O/c1-12-8-17-19-15(9-16(18)22(17)20-12)13-4-2-6-21(10-13)11-14-5-3-7-23-14/h3,5,7-9,13H,2,4,6,10-11,18H2,1H3/t13-/m1/s1. The molecule has 0 saturated carbocycles. The first-order valence-corrected chi connectivity index (χ1v) is 8.06. The highest BCUT2D eigenvalue weighted by molar-refractivity contribution is 5.48. The molecule has 120 valence electrons. The second-order valence-electron chi connectivity index (χ2n) is 6.32. The number of hydrogen-bond donors (Lipinski definition) is 1. The highest BCUT2D eigenvalue weighted by atomic mass is 16.3. The Bertz CT molecular complexity index is 808. The number of hydrogen-bond acceptors (Lipinski definition) is 5. The normalized spacial score (nSPS) is 19.4. The first-order chi connectivity index (χ1) is 11.2. The van der Waals surface area contributed by atoms with Crippen LogP contribution in [0.3, 0.4) is 0 Å². The average molecular weight is 311 g/mol. The van der Waals surface area contributed by atoms with Crippen LogP contribution in [-0.2, 0) is 6.54 Å². The van der Waals surface area contributed by atoms with Gasteiger partial charge in [-0.1, -0.05) is 0 Å². The van der Waals surface area contributed by atoms with Crippen LogP contribution in [0.5, 0.6) is 0 Å². The topological polar surface area (TPSA) is 72.6 Å². The van der Waals surface area contributed by atoms with Crippen LogP contribution >= 0.6 is 0 Å².